The second-order valence-electron chi connectivity index (χ2n) is 10.5. The van der Waals surface area contributed by atoms with Crippen molar-refractivity contribution < 1.29 is 62.2 Å². The summed E-state index contributed by atoms with van der Waals surface area (Å²) in [5, 5.41) is 39.5. The van der Waals surface area contributed by atoms with Gasteiger partial charge in [0.2, 0.25) is 11.9 Å². The van der Waals surface area contributed by atoms with Crippen LogP contribution in [0.3, 0.4) is 0 Å². The third kappa shape index (κ3) is 7.00. The van der Waals surface area contributed by atoms with Crippen molar-refractivity contribution >= 4 is 61.5 Å². The van der Waals surface area contributed by atoms with Gasteiger partial charge in [-0.05, 0) is 21.3 Å². The molecule has 31 heteroatoms. The molecule has 0 radical (unpaired) electrons. The van der Waals surface area contributed by atoms with Crippen LogP contribution in [0.2, 0.25) is 0 Å². The van der Waals surface area contributed by atoms with E-state index in [1.807, 2.05) is 0 Å². The molecule has 29 nitrogen and oxygen atoms in total. The Bertz CT molecular complexity index is 2170. The molecule has 2 fully saturated rings. The van der Waals surface area contributed by atoms with Crippen LogP contribution in [0, 0.1) is 0 Å². The zero-order valence-corrected chi connectivity index (χ0v) is 26.8. The zero-order valence-electron chi connectivity index (χ0n) is 25.0. The Labute approximate surface area is 280 Å². The summed E-state index contributed by atoms with van der Waals surface area (Å²) in [7, 11) is -10.5. The quantitative estimate of drug-likeness (QED) is 0.0379. The summed E-state index contributed by atoms with van der Waals surface area (Å²) in [5.41, 5.74) is 29.4. The third-order valence-corrected chi connectivity index (χ3v) is 8.94. The van der Waals surface area contributed by atoms with Gasteiger partial charge in [0.1, 0.15) is 49.3 Å². The van der Waals surface area contributed by atoms with Crippen LogP contribution < -0.4 is 11.5 Å². The van der Waals surface area contributed by atoms with E-state index in [9.17, 15) is 39.1 Å². The zero-order chi connectivity index (χ0) is 36.8. The molecule has 4 aromatic heterocycles. The van der Waals surface area contributed by atoms with E-state index in [1.165, 1.54) is 0 Å². The topological polar surface area (TPSA) is 438 Å². The van der Waals surface area contributed by atoms with E-state index in [0.29, 0.717) is 0 Å². The van der Waals surface area contributed by atoms with E-state index in [4.69, 9.17) is 41.1 Å². The number of aliphatic hydroxyl groups excluding tert-OH is 3. The molecule has 0 saturated carbocycles. The van der Waals surface area contributed by atoms with E-state index in [2.05, 4.69) is 54.5 Å². The van der Waals surface area contributed by atoms with Gasteiger partial charge in [-0.2, -0.15) is 0 Å². The highest BCUT2D eigenvalue weighted by atomic mass is 31.2. The van der Waals surface area contributed by atoms with Crippen LogP contribution in [0.25, 0.3) is 43.2 Å². The fourth-order valence-corrected chi connectivity index (χ4v) is 6.57. The number of aliphatic hydroxyl groups is 3. The monoisotopic (exact) mass is 758 g/mol. The van der Waals surface area contributed by atoms with E-state index < -0.39 is 83.9 Å². The summed E-state index contributed by atoms with van der Waals surface area (Å²) < 4.78 is 52.8. The number of azide groups is 2. The lowest BCUT2D eigenvalue weighted by atomic mass is 10.1. The second kappa shape index (κ2) is 13.8. The van der Waals surface area contributed by atoms with Gasteiger partial charge in [0.15, 0.2) is 46.4 Å². The third-order valence-electron chi connectivity index (χ3n) is 7.46. The number of imidazole rings is 2. The first kappa shape index (κ1) is 36.1. The van der Waals surface area contributed by atoms with Crippen molar-refractivity contribution in [3.63, 3.8) is 0 Å². The van der Waals surface area contributed by atoms with Gasteiger partial charge in [-0.15, -0.1) is 0 Å². The normalized spacial score (nSPS) is 27.7. The first-order chi connectivity index (χ1) is 24.1. The van der Waals surface area contributed by atoms with Crippen molar-refractivity contribution in [2.45, 2.75) is 49.1 Å². The Balaban J connectivity index is 1.26. The van der Waals surface area contributed by atoms with Gasteiger partial charge in [0.25, 0.3) is 0 Å². The molecule has 6 rings (SSSR count). The van der Waals surface area contributed by atoms with E-state index in [0.717, 1.165) is 21.8 Å². The Hall–Kier alpha value is -4.66. The summed E-state index contributed by atoms with van der Waals surface area (Å²) in [6.07, 6.45) is -12.1. The molecule has 51 heavy (non-hydrogen) atoms. The second-order valence-corrected chi connectivity index (χ2v) is 13.2. The first-order valence-electron chi connectivity index (χ1n) is 13.9. The molecule has 0 amide bonds. The minimum atomic E-state index is -5.37. The molecule has 0 aromatic carbocycles. The number of nitrogen functional groups attached to an aromatic ring is 2. The largest absolute Gasteiger partial charge is 0.472 e. The van der Waals surface area contributed by atoms with Crippen LogP contribution >= 0.6 is 15.6 Å². The summed E-state index contributed by atoms with van der Waals surface area (Å²) in [5.74, 6) is -1.19. The van der Waals surface area contributed by atoms with E-state index in [-0.39, 0.29) is 39.9 Å². The van der Waals surface area contributed by atoms with Crippen molar-refractivity contribution in [3.8, 4) is 0 Å². The molecule has 0 bridgehead atoms. The van der Waals surface area contributed by atoms with Crippen molar-refractivity contribution in [3.05, 3.63) is 33.5 Å². The predicted molar refractivity (Wildman–Crippen MR) is 162 cm³/mol. The lowest BCUT2D eigenvalue weighted by Gasteiger charge is -2.25. The Morgan fingerprint density at radius 2 is 1.27 bits per heavy atom. The number of rotatable bonds is 12. The molecule has 6 heterocycles. The van der Waals surface area contributed by atoms with Gasteiger partial charge in [-0.3, -0.25) is 22.7 Å². The number of phosphoric ester groups is 2. The molecule has 9 unspecified atom stereocenters. The first-order valence-corrected chi connectivity index (χ1v) is 16.9. The summed E-state index contributed by atoms with van der Waals surface area (Å²) in [6.45, 7) is -1.93. The van der Waals surface area contributed by atoms with Gasteiger partial charge in [0, 0.05) is 9.82 Å². The summed E-state index contributed by atoms with van der Waals surface area (Å²) >= 11 is 0. The number of phosphoric acid groups is 2. The van der Waals surface area contributed by atoms with Crippen molar-refractivity contribution in [1.82, 2.24) is 39.0 Å². The Kier molecular flexibility index (Phi) is 9.79. The minimum Gasteiger partial charge on any atom is -0.387 e. The van der Waals surface area contributed by atoms with Gasteiger partial charge < -0.3 is 50.9 Å². The molecule has 0 spiro atoms. The fourth-order valence-electron chi connectivity index (χ4n) is 5.30. The molecule has 2 aliphatic heterocycles. The molecular weight excluding hydrogens is 734 g/mol. The SMILES string of the molecule is [N-]=[N+]=Nc1nc2c(N)ncnc2n1C1OC(COP(=O)(O)OC2C(O)C(COP(=O)(O)O)OC2n2c(N=[N+]=[N-])nc3c(N)ncnc32)C(O)C1O. The molecule has 2 saturated heterocycles. The van der Waals surface area contributed by atoms with Gasteiger partial charge in [-0.1, -0.05) is 0 Å². The number of ether oxygens (including phenoxy) is 2. The summed E-state index contributed by atoms with van der Waals surface area (Å²) in [6, 6.07) is 0. The number of nitrogens with zero attached hydrogens (tertiary/aromatic N) is 14. The highest BCUT2D eigenvalue weighted by molar-refractivity contribution is 7.47. The standard InChI is InChI=1S/C20H24N16O13P2/c21-13-7-15(27-3-25-13)35(19(29-7)31-33-23)17-11(39)9(37)5(47-17)2-46-51(43,44)49-12-10(38)6(1-45-50(40,41)42)48-18(12)36-16-8(14(22)26-4-28-16)30-20(36)32-34-24/h3-6,9-12,17-18,37-39H,1-2H2,(H,43,44)(H2,21,25,27)(H2,22,26,28)(H2,40,41,42). The van der Waals surface area contributed by atoms with Crippen molar-refractivity contribution in [2.24, 2.45) is 10.2 Å². The van der Waals surface area contributed by atoms with E-state index in [1.54, 1.807) is 0 Å². The predicted octanol–water partition coefficient (Wildman–Crippen LogP) is -0.797. The fraction of sp³-hybridized carbons (Fsp3) is 0.500. The molecule has 10 N–H and O–H groups in total. The smallest absolute Gasteiger partial charge is 0.387 e. The van der Waals surface area contributed by atoms with Gasteiger partial charge in [0.05, 0.1) is 13.2 Å². The van der Waals surface area contributed by atoms with Gasteiger partial charge >= 0.3 is 15.6 Å². The summed E-state index contributed by atoms with van der Waals surface area (Å²) in [4.78, 5) is 58.1. The maximum atomic E-state index is 13.3. The van der Waals surface area contributed by atoms with E-state index >= 15 is 0 Å². The Morgan fingerprint density at radius 3 is 1.80 bits per heavy atom. The highest BCUT2D eigenvalue weighted by Crippen LogP contribution is 2.51. The lowest BCUT2D eigenvalue weighted by Crippen LogP contribution is -2.36. The molecule has 2 aliphatic rings. The number of aromatic nitrogens is 8. The van der Waals surface area contributed by atoms with Gasteiger partial charge in [-0.25, -0.2) is 39.0 Å². The van der Waals surface area contributed by atoms with Crippen LogP contribution in [0.4, 0.5) is 23.5 Å². The maximum Gasteiger partial charge on any atom is 0.472 e. The highest BCUT2D eigenvalue weighted by Gasteiger charge is 2.52. The van der Waals surface area contributed by atoms with Crippen LogP contribution in [0.15, 0.2) is 22.9 Å². The van der Waals surface area contributed by atoms with Crippen LogP contribution in [-0.4, -0.2) is 119 Å². The van der Waals surface area contributed by atoms with Crippen LogP contribution in [0.1, 0.15) is 12.5 Å². The number of fused-ring (bicyclic) bond motifs is 2. The van der Waals surface area contributed by atoms with Crippen LogP contribution in [0.5, 0.6) is 0 Å². The molecule has 9 atom stereocenters. The molecule has 0 aliphatic carbocycles. The van der Waals surface area contributed by atoms with Crippen molar-refractivity contribution in [1.29, 1.82) is 0 Å². The number of nitrogens with two attached hydrogens (primary N) is 2. The minimum absolute atomic E-state index is 0.0296. The molecule has 272 valence electrons. The Morgan fingerprint density at radius 1 is 0.784 bits per heavy atom. The number of hydrogen-bond acceptors (Lipinski definition) is 20. The average molecular weight is 758 g/mol. The maximum absolute atomic E-state index is 13.3. The van der Waals surface area contributed by atoms with Crippen molar-refractivity contribution in [2.75, 3.05) is 24.7 Å². The lowest BCUT2D eigenvalue weighted by molar-refractivity contribution is -0.0606. The van der Waals surface area contributed by atoms with Crippen LogP contribution in [-0.2, 0) is 32.2 Å². The molecule has 4 aromatic rings. The molecular formula is C20H24N16O13P2. The number of hydrogen-bond donors (Lipinski definition) is 8. The number of anilines is 2. The average Bonchev–Trinajstić information content (AvgIpc) is 3.78.